The van der Waals surface area contributed by atoms with Crippen molar-refractivity contribution in [3.63, 3.8) is 0 Å². The molecule has 2 aliphatic rings. The summed E-state index contributed by atoms with van der Waals surface area (Å²) in [6.07, 6.45) is 3.24. The molecule has 0 N–H and O–H groups in total. The summed E-state index contributed by atoms with van der Waals surface area (Å²) in [6.45, 7) is 2.26. The zero-order chi connectivity index (χ0) is 6.43. The van der Waals surface area contributed by atoms with Gasteiger partial charge in [0.2, 0.25) is 0 Å². The summed E-state index contributed by atoms with van der Waals surface area (Å²) < 4.78 is 0. The highest BCUT2D eigenvalue weighted by Gasteiger charge is 2.46. The maximum absolute atomic E-state index is 11.0. The molecule has 1 nitrogen and oxygen atoms in total. The second-order valence-corrected chi connectivity index (χ2v) is 3.49. The quantitative estimate of drug-likeness (QED) is 0.479. The number of hydrogen-bond donors (Lipinski definition) is 0. The largest absolute Gasteiger partial charge is 0.299 e. The molecular weight excluding hydrogens is 112 g/mol. The van der Waals surface area contributed by atoms with Gasteiger partial charge in [-0.1, -0.05) is 6.92 Å². The Morgan fingerprint density at radius 3 is 2.78 bits per heavy atom. The molecule has 0 amide bonds. The van der Waals surface area contributed by atoms with Crippen LogP contribution in [0.1, 0.15) is 26.2 Å². The molecule has 1 heteroatoms. The Labute approximate surface area is 55.4 Å². The molecule has 0 bridgehead atoms. The number of ketones is 1. The van der Waals surface area contributed by atoms with E-state index in [2.05, 4.69) is 6.92 Å². The van der Waals surface area contributed by atoms with Crippen molar-refractivity contribution in [2.45, 2.75) is 26.2 Å². The van der Waals surface area contributed by atoms with E-state index in [1.807, 2.05) is 0 Å². The van der Waals surface area contributed by atoms with E-state index in [-0.39, 0.29) is 0 Å². The lowest BCUT2D eigenvalue weighted by Crippen LogP contribution is -2.33. The molecule has 0 aromatic rings. The fraction of sp³-hybridized carbons (Fsp3) is 0.875. The molecule has 9 heavy (non-hydrogen) atoms. The van der Waals surface area contributed by atoms with Gasteiger partial charge in [0.25, 0.3) is 0 Å². The average molecular weight is 124 g/mol. The van der Waals surface area contributed by atoms with Gasteiger partial charge in [-0.3, -0.25) is 4.79 Å². The SMILES string of the molecule is C[C@@H]1C[C@H]2C(=O)CC[C@@H]12. The highest BCUT2D eigenvalue weighted by molar-refractivity contribution is 5.84. The molecule has 0 unspecified atom stereocenters. The van der Waals surface area contributed by atoms with Gasteiger partial charge in [-0.2, -0.15) is 0 Å². The van der Waals surface area contributed by atoms with Crippen molar-refractivity contribution in [1.82, 2.24) is 0 Å². The van der Waals surface area contributed by atoms with Crippen LogP contribution in [-0.2, 0) is 4.79 Å². The summed E-state index contributed by atoms with van der Waals surface area (Å²) in [5, 5.41) is 0. The number of fused-ring (bicyclic) bond motifs is 1. The van der Waals surface area contributed by atoms with Crippen molar-refractivity contribution in [2.24, 2.45) is 17.8 Å². The number of carbonyl (C=O) groups excluding carboxylic acids is 1. The lowest BCUT2D eigenvalue weighted by Gasteiger charge is -2.36. The minimum atomic E-state index is 0.500. The molecule has 0 radical (unpaired) electrons. The Kier molecular flexibility index (Phi) is 0.961. The lowest BCUT2D eigenvalue weighted by atomic mass is 9.67. The average Bonchev–Trinajstić information content (AvgIpc) is 2.07. The standard InChI is InChI=1S/C8H12O/c1-5-4-7-6(5)2-3-8(7)9/h5-7H,2-4H2,1H3/t5-,6+,7-/m1/s1. The van der Waals surface area contributed by atoms with Crippen LogP contribution in [0, 0.1) is 17.8 Å². The van der Waals surface area contributed by atoms with Gasteiger partial charge in [-0.05, 0) is 24.7 Å². The van der Waals surface area contributed by atoms with Crippen molar-refractivity contribution in [3.05, 3.63) is 0 Å². The molecule has 0 aliphatic heterocycles. The first kappa shape index (κ1) is 5.45. The van der Waals surface area contributed by atoms with Crippen molar-refractivity contribution in [1.29, 1.82) is 0 Å². The molecule has 0 saturated heterocycles. The summed E-state index contributed by atoms with van der Waals surface area (Å²) in [5.74, 6) is 2.68. The smallest absolute Gasteiger partial charge is 0.136 e. The Hall–Kier alpha value is -0.330. The van der Waals surface area contributed by atoms with Crippen LogP contribution in [0.4, 0.5) is 0 Å². The van der Waals surface area contributed by atoms with Crippen LogP contribution in [0.5, 0.6) is 0 Å². The van der Waals surface area contributed by atoms with E-state index in [9.17, 15) is 4.79 Å². The minimum Gasteiger partial charge on any atom is -0.299 e. The Balaban J connectivity index is 2.11. The maximum atomic E-state index is 11.0. The maximum Gasteiger partial charge on any atom is 0.136 e. The van der Waals surface area contributed by atoms with Gasteiger partial charge in [0, 0.05) is 12.3 Å². The fourth-order valence-corrected chi connectivity index (χ4v) is 2.30. The summed E-state index contributed by atoms with van der Waals surface area (Å²) in [4.78, 5) is 11.0. The normalized spacial score (nSPS) is 48.6. The Bertz CT molecular complexity index is 151. The Morgan fingerprint density at radius 1 is 1.56 bits per heavy atom. The predicted octanol–water partition coefficient (Wildman–Crippen LogP) is 1.62. The molecular formula is C8H12O. The molecule has 0 aromatic carbocycles. The second-order valence-electron chi connectivity index (χ2n) is 3.49. The fourth-order valence-electron chi connectivity index (χ4n) is 2.30. The number of carbonyl (C=O) groups is 1. The first-order valence-corrected chi connectivity index (χ1v) is 3.82. The molecule has 3 atom stereocenters. The minimum absolute atomic E-state index is 0.500. The van der Waals surface area contributed by atoms with Crippen LogP contribution in [-0.4, -0.2) is 5.78 Å². The summed E-state index contributed by atoms with van der Waals surface area (Å²) in [6, 6.07) is 0. The number of Topliss-reactive ketones (excluding diaryl/α,β-unsaturated/α-hetero) is 1. The van der Waals surface area contributed by atoms with Gasteiger partial charge in [-0.15, -0.1) is 0 Å². The van der Waals surface area contributed by atoms with Gasteiger partial charge >= 0.3 is 0 Å². The van der Waals surface area contributed by atoms with E-state index in [4.69, 9.17) is 0 Å². The zero-order valence-corrected chi connectivity index (χ0v) is 5.76. The summed E-state index contributed by atoms with van der Waals surface area (Å²) >= 11 is 0. The van der Waals surface area contributed by atoms with E-state index in [1.54, 1.807) is 0 Å². The molecule has 2 saturated carbocycles. The third-order valence-electron chi connectivity index (χ3n) is 3.01. The number of hydrogen-bond acceptors (Lipinski definition) is 1. The number of rotatable bonds is 0. The van der Waals surface area contributed by atoms with Crippen molar-refractivity contribution < 1.29 is 4.79 Å². The van der Waals surface area contributed by atoms with Crippen molar-refractivity contribution >= 4 is 5.78 Å². The summed E-state index contributed by atoms with van der Waals surface area (Å²) in [5.41, 5.74) is 0. The highest BCUT2D eigenvalue weighted by Crippen LogP contribution is 2.48. The van der Waals surface area contributed by atoms with Gasteiger partial charge in [0.05, 0.1) is 0 Å². The predicted molar refractivity (Wildman–Crippen MR) is 35.0 cm³/mol. The third-order valence-corrected chi connectivity index (χ3v) is 3.01. The topological polar surface area (TPSA) is 17.1 Å². The first-order chi connectivity index (χ1) is 4.29. The molecule has 2 aliphatic carbocycles. The molecule has 0 aromatic heterocycles. The van der Waals surface area contributed by atoms with Crippen molar-refractivity contribution in [3.8, 4) is 0 Å². The van der Waals surface area contributed by atoms with E-state index in [0.717, 1.165) is 18.3 Å². The van der Waals surface area contributed by atoms with Crippen LogP contribution in [0.15, 0.2) is 0 Å². The first-order valence-electron chi connectivity index (χ1n) is 3.82. The van der Waals surface area contributed by atoms with E-state index < -0.39 is 0 Å². The van der Waals surface area contributed by atoms with Gasteiger partial charge in [0.15, 0.2) is 0 Å². The van der Waals surface area contributed by atoms with E-state index in [1.165, 1.54) is 12.8 Å². The van der Waals surface area contributed by atoms with Gasteiger partial charge < -0.3 is 0 Å². The summed E-state index contributed by atoms with van der Waals surface area (Å²) in [7, 11) is 0. The highest BCUT2D eigenvalue weighted by atomic mass is 16.1. The van der Waals surface area contributed by atoms with Crippen LogP contribution < -0.4 is 0 Å². The van der Waals surface area contributed by atoms with Crippen LogP contribution in [0.25, 0.3) is 0 Å². The Morgan fingerprint density at radius 2 is 2.33 bits per heavy atom. The van der Waals surface area contributed by atoms with E-state index in [0.29, 0.717) is 11.7 Å². The van der Waals surface area contributed by atoms with Crippen LogP contribution in [0.3, 0.4) is 0 Å². The second kappa shape index (κ2) is 1.59. The van der Waals surface area contributed by atoms with Crippen LogP contribution >= 0.6 is 0 Å². The van der Waals surface area contributed by atoms with Crippen molar-refractivity contribution in [2.75, 3.05) is 0 Å². The molecule has 0 spiro atoms. The van der Waals surface area contributed by atoms with Gasteiger partial charge in [0.1, 0.15) is 5.78 Å². The monoisotopic (exact) mass is 124 g/mol. The molecule has 2 fully saturated rings. The zero-order valence-electron chi connectivity index (χ0n) is 5.76. The molecule has 0 heterocycles. The molecule has 2 rings (SSSR count). The third kappa shape index (κ3) is 0.577. The molecule has 50 valence electrons. The van der Waals surface area contributed by atoms with Gasteiger partial charge in [-0.25, -0.2) is 0 Å². The van der Waals surface area contributed by atoms with Crippen LogP contribution in [0.2, 0.25) is 0 Å². The lowest BCUT2D eigenvalue weighted by molar-refractivity contribution is -0.124. The van der Waals surface area contributed by atoms with E-state index >= 15 is 0 Å².